The number of ether oxygens (including phenoxy) is 1. The summed E-state index contributed by atoms with van der Waals surface area (Å²) < 4.78 is 32.7. The first-order valence-corrected chi connectivity index (χ1v) is 11.8. The Morgan fingerprint density at radius 2 is 1.69 bits per heavy atom. The van der Waals surface area contributed by atoms with Crippen LogP contribution < -0.4 is 14.9 Å². The summed E-state index contributed by atoms with van der Waals surface area (Å²) in [5, 5.41) is 12.6. The molecule has 4 rings (SSSR count). The minimum absolute atomic E-state index is 0.470. The molecule has 8 nitrogen and oxygen atoms in total. The molecule has 2 heterocycles. The highest BCUT2D eigenvalue weighted by Gasteiger charge is 2.12. The van der Waals surface area contributed by atoms with Gasteiger partial charge in [0.05, 0.1) is 30.5 Å². The molecule has 32 heavy (non-hydrogen) atoms. The topological polar surface area (TPSA) is 96.5 Å². The molecule has 2 aromatic carbocycles. The molecule has 0 atom stereocenters. The molecule has 1 aliphatic heterocycles. The molecule has 9 heteroatoms. The molecule has 0 aliphatic carbocycles. The van der Waals surface area contributed by atoms with Crippen LogP contribution in [0.5, 0.6) is 0 Å². The number of hydrogen-bond donors (Lipinski definition) is 2. The Hall–Kier alpha value is -3.43. The highest BCUT2D eigenvalue weighted by molar-refractivity contribution is 7.95. The maximum absolute atomic E-state index is 12.4. The molecular weight excluding hydrogens is 426 g/mol. The number of aryl methyl sites for hydroxylation is 1. The fourth-order valence-corrected chi connectivity index (χ4v) is 4.09. The quantitative estimate of drug-likeness (QED) is 0.564. The molecule has 0 amide bonds. The van der Waals surface area contributed by atoms with E-state index in [0.717, 1.165) is 41.0 Å². The van der Waals surface area contributed by atoms with E-state index in [9.17, 15) is 8.42 Å². The van der Waals surface area contributed by atoms with E-state index in [-0.39, 0.29) is 0 Å². The molecule has 166 valence electrons. The largest absolute Gasteiger partial charge is 0.378 e. The first-order chi connectivity index (χ1) is 15.5. The number of aromatic nitrogens is 2. The zero-order valence-corrected chi connectivity index (χ0v) is 18.5. The summed E-state index contributed by atoms with van der Waals surface area (Å²) >= 11 is 0. The van der Waals surface area contributed by atoms with Crippen LogP contribution in [0.2, 0.25) is 0 Å². The van der Waals surface area contributed by atoms with Crippen molar-refractivity contribution in [1.82, 2.24) is 10.2 Å². The number of anilines is 4. The number of nitrogens with zero attached hydrogens (tertiary/aromatic N) is 3. The second kappa shape index (κ2) is 9.80. The maximum atomic E-state index is 12.4. The Bertz CT molecular complexity index is 1170. The van der Waals surface area contributed by atoms with Gasteiger partial charge in [0.2, 0.25) is 0 Å². The van der Waals surface area contributed by atoms with E-state index < -0.39 is 10.0 Å². The van der Waals surface area contributed by atoms with Crippen molar-refractivity contribution in [3.8, 4) is 0 Å². The normalized spacial score (nSPS) is 14.5. The Labute approximate surface area is 188 Å². The van der Waals surface area contributed by atoms with Gasteiger partial charge in [0.15, 0.2) is 5.82 Å². The van der Waals surface area contributed by atoms with Crippen molar-refractivity contribution in [3.05, 3.63) is 77.3 Å². The molecule has 3 aromatic rings. The average molecular weight is 452 g/mol. The smallest absolute Gasteiger partial charge is 0.255 e. The monoisotopic (exact) mass is 451 g/mol. The van der Waals surface area contributed by atoms with Gasteiger partial charge < -0.3 is 15.0 Å². The molecule has 0 bridgehead atoms. The van der Waals surface area contributed by atoms with Gasteiger partial charge in [-0.05, 0) is 42.8 Å². The van der Waals surface area contributed by atoms with Gasteiger partial charge in [-0.3, -0.25) is 4.72 Å². The second-order valence-electron chi connectivity index (χ2n) is 7.46. The van der Waals surface area contributed by atoms with E-state index in [2.05, 4.69) is 25.1 Å². The fourth-order valence-electron chi connectivity index (χ4n) is 3.23. The summed E-state index contributed by atoms with van der Waals surface area (Å²) in [7, 11) is -3.62. The number of morpholine rings is 1. The van der Waals surface area contributed by atoms with Crippen LogP contribution in [-0.4, -0.2) is 44.9 Å². The van der Waals surface area contributed by atoms with Crippen molar-refractivity contribution in [1.29, 1.82) is 0 Å². The van der Waals surface area contributed by atoms with Gasteiger partial charge in [0.25, 0.3) is 10.0 Å². The molecule has 2 N–H and O–H groups in total. The summed E-state index contributed by atoms with van der Waals surface area (Å²) in [6, 6.07) is 16.5. The van der Waals surface area contributed by atoms with Crippen LogP contribution in [0.1, 0.15) is 11.1 Å². The number of benzene rings is 2. The van der Waals surface area contributed by atoms with Crippen LogP contribution in [0, 0.1) is 6.92 Å². The van der Waals surface area contributed by atoms with E-state index in [1.165, 1.54) is 0 Å². The lowest BCUT2D eigenvalue weighted by Crippen LogP contribution is -2.36. The van der Waals surface area contributed by atoms with E-state index in [0.29, 0.717) is 24.7 Å². The van der Waals surface area contributed by atoms with Gasteiger partial charge in [0.1, 0.15) is 0 Å². The fraction of sp³-hybridized carbons (Fsp3) is 0.217. The third-order valence-electron chi connectivity index (χ3n) is 4.95. The third-order valence-corrected chi connectivity index (χ3v) is 5.97. The van der Waals surface area contributed by atoms with Crippen LogP contribution in [-0.2, 0) is 14.8 Å². The highest BCUT2D eigenvalue weighted by atomic mass is 32.2. The van der Waals surface area contributed by atoms with Crippen LogP contribution >= 0.6 is 0 Å². The van der Waals surface area contributed by atoms with Crippen LogP contribution in [0.4, 0.5) is 22.9 Å². The second-order valence-corrected chi connectivity index (χ2v) is 9.03. The minimum Gasteiger partial charge on any atom is -0.378 e. The Morgan fingerprint density at radius 1 is 1.00 bits per heavy atom. The predicted molar refractivity (Wildman–Crippen MR) is 128 cm³/mol. The molecule has 1 aromatic heterocycles. The predicted octanol–water partition coefficient (Wildman–Crippen LogP) is 3.78. The Balaban J connectivity index is 1.38. The maximum Gasteiger partial charge on any atom is 0.255 e. The average Bonchev–Trinajstić information content (AvgIpc) is 2.81. The lowest BCUT2D eigenvalue weighted by molar-refractivity contribution is 0.122. The van der Waals surface area contributed by atoms with Gasteiger partial charge in [-0.15, -0.1) is 5.10 Å². The van der Waals surface area contributed by atoms with Gasteiger partial charge in [-0.2, -0.15) is 5.10 Å². The molecule has 1 aliphatic rings. The summed E-state index contributed by atoms with van der Waals surface area (Å²) in [6.07, 6.45) is 3.30. The van der Waals surface area contributed by atoms with Gasteiger partial charge in [-0.25, -0.2) is 8.42 Å². The third kappa shape index (κ3) is 6.05. The van der Waals surface area contributed by atoms with Crippen molar-refractivity contribution in [2.75, 3.05) is 41.2 Å². The Kier molecular flexibility index (Phi) is 6.67. The lowest BCUT2D eigenvalue weighted by Gasteiger charge is -2.28. The number of sulfonamides is 1. The van der Waals surface area contributed by atoms with E-state index in [1.54, 1.807) is 36.5 Å². The van der Waals surface area contributed by atoms with Crippen molar-refractivity contribution in [2.45, 2.75) is 6.92 Å². The van der Waals surface area contributed by atoms with Crippen molar-refractivity contribution >= 4 is 39.0 Å². The first kappa shape index (κ1) is 21.8. The lowest BCUT2D eigenvalue weighted by atomic mass is 10.2. The van der Waals surface area contributed by atoms with Gasteiger partial charge in [-0.1, -0.05) is 29.8 Å². The summed E-state index contributed by atoms with van der Waals surface area (Å²) in [6.45, 7) is 5.01. The highest BCUT2D eigenvalue weighted by Crippen LogP contribution is 2.22. The standard InChI is InChI=1S/C23H25N5O3S/c1-18-2-4-19(5-3-18)10-15-32(29,30)27-21-8-6-20(7-9-21)25-23-16-22(17-24-26-23)28-11-13-31-14-12-28/h2-10,15-17,27H,11-14H2,1H3,(H,25,26)/b15-10+. The molecule has 0 radical (unpaired) electrons. The van der Waals surface area contributed by atoms with E-state index >= 15 is 0 Å². The molecular formula is C23H25N5O3S. The van der Waals surface area contributed by atoms with Gasteiger partial charge >= 0.3 is 0 Å². The zero-order chi connectivity index (χ0) is 22.4. The Morgan fingerprint density at radius 3 is 2.41 bits per heavy atom. The van der Waals surface area contributed by atoms with E-state index in [1.807, 2.05) is 37.3 Å². The molecule has 0 unspecified atom stereocenters. The van der Waals surface area contributed by atoms with Crippen molar-refractivity contribution in [3.63, 3.8) is 0 Å². The van der Waals surface area contributed by atoms with Crippen LogP contribution in [0.25, 0.3) is 6.08 Å². The summed E-state index contributed by atoms with van der Waals surface area (Å²) in [5.41, 5.74) is 4.17. The minimum atomic E-state index is -3.62. The molecule has 1 fully saturated rings. The summed E-state index contributed by atoms with van der Waals surface area (Å²) in [5.74, 6) is 0.614. The SMILES string of the molecule is Cc1ccc(/C=C/S(=O)(=O)Nc2ccc(Nc3cc(N4CCOCC4)cnn3)cc2)cc1. The van der Waals surface area contributed by atoms with Crippen LogP contribution in [0.3, 0.4) is 0 Å². The number of hydrogen-bond acceptors (Lipinski definition) is 7. The number of nitrogens with one attached hydrogen (secondary N) is 2. The molecule has 0 spiro atoms. The number of rotatable bonds is 7. The van der Waals surface area contributed by atoms with Crippen molar-refractivity contribution in [2.24, 2.45) is 0 Å². The first-order valence-electron chi connectivity index (χ1n) is 10.3. The van der Waals surface area contributed by atoms with Crippen molar-refractivity contribution < 1.29 is 13.2 Å². The van der Waals surface area contributed by atoms with Gasteiger partial charge in [0, 0.05) is 30.5 Å². The summed E-state index contributed by atoms with van der Waals surface area (Å²) in [4.78, 5) is 2.20. The zero-order valence-electron chi connectivity index (χ0n) is 17.7. The van der Waals surface area contributed by atoms with Crippen LogP contribution in [0.15, 0.2) is 66.2 Å². The molecule has 1 saturated heterocycles. The molecule has 0 saturated carbocycles. The van der Waals surface area contributed by atoms with E-state index in [4.69, 9.17) is 4.74 Å².